The lowest BCUT2D eigenvalue weighted by Gasteiger charge is -2.00. The quantitative estimate of drug-likeness (QED) is 0.471. The molecule has 0 aromatic heterocycles. The standard InChI is InChI=1S/C22H22N2O/c1-17(10-8-9-13-18-11-4-2-5-12-18)23-24-22(25)21-16-20(21)19-14-6-3-7-15-19/h2-15,20-21H,16H2,1H3,(H,24,25)/b10-8+,13-9+,23-17+. The normalized spacial score (nSPS) is 20.1. The van der Waals surface area contributed by atoms with Gasteiger partial charge in [0.25, 0.3) is 0 Å². The van der Waals surface area contributed by atoms with Gasteiger partial charge in [-0.1, -0.05) is 78.9 Å². The van der Waals surface area contributed by atoms with Crippen LogP contribution in [-0.4, -0.2) is 11.6 Å². The fourth-order valence-corrected chi connectivity index (χ4v) is 2.74. The first kappa shape index (κ1) is 16.9. The van der Waals surface area contributed by atoms with E-state index < -0.39 is 0 Å². The van der Waals surface area contributed by atoms with Crippen molar-refractivity contribution in [2.45, 2.75) is 19.3 Å². The van der Waals surface area contributed by atoms with Gasteiger partial charge in [0.1, 0.15) is 0 Å². The SMILES string of the molecule is CC(/C=C/C=C/c1ccccc1)=N\NC(=O)C1CC1c1ccccc1. The van der Waals surface area contributed by atoms with Crippen LogP contribution in [0.4, 0.5) is 0 Å². The third kappa shape index (κ3) is 5.01. The van der Waals surface area contributed by atoms with Crippen molar-refractivity contribution in [2.75, 3.05) is 0 Å². The zero-order chi connectivity index (χ0) is 17.5. The minimum absolute atomic E-state index is 0.00132. The second-order valence-corrected chi connectivity index (χ2v) is 6.22. The van der Waals surface area contributed by atoms with Crippen LogP contribution < -0.4 is 5.43 Å². The summed E-state index contributed by atoms with van der Waals surface area (Å²) in [4.78, 5) is 12.2. The first-order valence-electron chi connectivity index (χ1n) is 8.53. The smallest absolute Gasteiger partial charge is 0.243 e. The van der Waals surface area contributed by atoms with E-state index in [1.54, 1.807) is 0 Å². The van der Waals surface area contributed by atoms with Gasteiger partial charge >= 0.3 is 0 Å². The van der Waals surface area contributed by atoms with Crippen LogP contribution in [0.15, 0.2) is 84.0 Å². The molecule has 2 aromatic carbocycles. The Balaban J connectivity index is 1.46. The van der Waals surface area contributed by atoms with Crippen molar-refractivity contribution in [1.82, 2.24) is 5.43 Å². The number of hydrogen-bond acceptors (Lipinski definition) is 2. The minimum atomic E-state index is 0.00132. The molecule has 126 valence electrons. The fourth-order valence-electron chi connectivity index (χ4n) is 2.74. The second-order valence-electron chi connectivity index (χ2n) is 6.22. The summed E-state index contributed by atoms with van der Waals surface area (Å²) in [7, 11) is 0. The van der Waals surface area contributed by atoms with E-state index in [2.05, 4.69) is 22.7 Å². The van der Waals surface area contributed by atoms with Crippen LogP contribution >= 0.6 is 0 Å². The maximum absolute atomic E-state index is 12.2. The number of benzene rings is 2. The van der Waals surface area contributed by atoms with Crippen LogP contribution in [0.25, 0.3) is 6.08 Å². The summed E-state index contributed by atoms with van der Waals surface area (Å²) in [6.07, 6.45) is 8.68. The first-order valence-corrected chi connectivity index (χ1v) is 8.53. The van der Waals surface area contributed by atoms with Crippen LogP contribution in [-0.2, 0) is 4.79 Å². The molecule has 1 aliphatic rings. The van der Waals surface area contributed by atoms with Crippen molar-refractivity contribution in [2.24, 2.45) is 11.0 Å². The lowest BCUT2D eigenvalue weighted by molar-refractivity contribution is -0.122. The van der Waals surface area contributed by atoms with Crippen molar-refractivity contribution in [3.8, 4) is 0 Å². The predicted octanol–water partition coefficient (Wildman–Crippen LogP) is 4.55. The molecule has 0 radical (unpaired) electrons. The average molecular weight is 330 g/mol. The summed E-state index contributed by atoms with van der Waals surface area (Å²) in [5.74, 6) is 0.378. The van der Waals surface area contributed by atoms with E-state index in [9.17, 15) is 4.79 Å². The van der Waals surface area contributed by atoms with E-state index in [4.69, 9.17) is 0 Å². The molecule has 3 rings (SSSR count). The van der Waals surface area contributed by atoms with Gasteiger partial charge in [0, 0.05) is 5.92 Å². The van der Waals surface area contributed by atoms with Crippen LogP contribution in [0.5, 0.6) is 0 Å². The van der Waals surface area contributed by atoms with E-state index in [0.717, 1.165) is 17.7 Å². The van der Waals surface area contributed by atoms with E-state index in [1.807, 2.05) is 79.8 Å². The Kier molecular flexibility index (Phi) is 5.57. The number of hydrogen-bond donors (Lipinski definition) is 1. The Morgan fingerprint density at radius 2 is 1.72 bits per heavy atom. The topological polar surface area (TPSA) is 41.5 Å². The predicted molar refractivity (Wildman–Crippen MR) is 103 cm³/mol. The van der Waals surface area contributed by atoms with Crippen LogP contribution in [0.1, 0.15) is 30.4 Å². The zero-order valence-corrected chi connectivity index (χ0v) is 14.3. The molecule has 0 saturated heterocycles. The summed E-state index contributed by atoms with van der Waals surface area (Å²) >= 11 is 0. The molecular formula is C22H22N2O. The van der Waals surface area contributed by atoms with Crippen molar-refractivity contribution >= 4 is 17.7 Å². The van der Waals surface area contributed by atoms with Gasteiger partial charge in [0.05, 0.1) is 5.71 Å². The van der Waals surface area contributed by atoms with E-state index in [-0.39, 0.29) is 11.8 Å². The van der Waals surface area contributed by atoms with Gasteiger partial charge in [0.2, 0.25) is 5.91 Å². The van der Waals surface area contributed by atoms with Gasteiger partial charge in [-0.15, -0.1) is 0 Å². The number of nitrogens with zero attached hydrogens (tertiary/aromatic N) is 1. The number of hydrazone groups is 1. The molecule has 0 heterocycles. The Morgan fingerprint density at radius 1 is 1.04 bits per heavy atom. The Morgan fingerprint density at radius 3 is 2.44 bits per heavy atom. The highest BCUT2D eigenvalue weighted by atomic mass is 16.2. The second kappa shape index (κ2) is 8.25. The number of nitrogens with one attached hydrogen (secondary N) is 1. The van der Waals surface area contributed by atoms with Crippen LogP contribution in [0, 0.1) is 5.92 Å². The first-order chi connectivity index (χ1) is 12.2. The Bertz CT molecular complexity index is 791. The Hall–Kier alpha value is -2.94. The summed E-state index contributed by atoms with van der Waals surface area (Å²) in [6.45, 7) is 1.87. The van der Waals surface area contributed by atoms with E-state index >= 15 is 0 Å². The largest absolute Gasteiger partial charge is 0.273 e. The van der Waals surface area contributed by atoms with Crippen LogP contribution in [0.3, 0.4) is 0 Å². The average Bonchev–Trinajstić information content (AvgIpc) is 3.46. The summed E-state index contributed by atoms with van der Waals surface area (Å²) < 4.78 is 0. The lowest BCUT2D eigenvalue weighted by atomic mass is 10.1. The Labute approximate surface area is 148 Å². The van der Waals surface area contributed by atoms with Crippen molar-refractivity contribution in [1.29, 1.82) is 0 Å². The summed E-state index contributed by atoms with van der Waals surface area (Å²) in [5.41, 5.74) is 5.82. The van der Waals surface area contributed by atoms with Crippen molar-refractivity contribution in [3.05, 3.63) is 90.0 Å². The molecule has 3 nitrogen and oxygen atoms in total. The molecule has 0 aliphatic heterocycles. The number of carbonyl (C=O) groups excluding carboxylic acids is 1. The maximum atomic E-state index is 12.2. The number of carbonyl (C=O) groups is 1. The van der Waals surface area contributed by atoms with Gasteiger partial charge < -0.3 is 0 Å². The molecule has 0 bridgehead atoms. The van der Waals surface area contributed by atoms with Crippen molar-refractivity contribution in [3.63, 3.8) is 0 Å². The third-order valence-electron chi connectivity index (χ3n) is 4.23. The van der Waals surface area contributed by atoms with Crippen LogP contribution in [0.2, 0.25) is 0 Å². The highest BCUT2D eigenvalue weighted by Crippen LogP contribution is 2.47. The van der Waals surface area contributed by atoms with Gasteiger partial charge in [-0.05, 0) is 36.5 Å². The maximum Gasteiger partial charge on any atom is 0.243 e. The molecule has 1 amide bonds. The van der Waals surface area contributed by atoms with E-state index in [1.165, 1.54) is 5.56 Å². The third-order valence-corrected chi connectivity index (χ3v) is 4.23. The molecule has 2 unspecified atom stereocenters. The molecule has 1 aliphatic carbocycles. The molecule has 1 fully saturated rings. The van der Waals surface area contributed by atoms with Crippen molar-refractivity contribution < 1.29 is 4.79 Å². The highest BCUT2D eigenvalue weighted by molar-refractivity contribution is 5.94. The molecule has 1 saturated carbocycles. The van der Waals surface area contributed by atoms with Gasteiger partial charge in [-0.25, -0.2) is 5.43 Å². The molecule has 25 heavy (non-hydrogen) atoms. The number of amides is 1. The molecular weight excluding hydrogens is 308 g/mol. The van der Waals surface area contributed by atoms with Gasteiger partial charge in [0.15, 0.2) is 0 Å². The molecule has 2 atom stereocenters. The molecule has 0 spiro atoms. The lowest BCUT2D eigenvalue weighted by Crippen LogP contribution is -2.21. The molecule has 1 N–H and O–H groups in total. The fraction of sp³-hybridized carbons (Fsp3) is 0.182. The number of allylic oxidation sites excluding steroid dienone is 3. The van der Waals surface area contributed by atoms with Gasteiger partial charge in [-0.3, -0.25) is 4.79 Å². The molecule has 3 heteroatoms. The minimum Gasteiger partial charge on any atom is -0.273 e. The molecule has 2 aromatic rings. The summed E-state index contributed by atoms with van der Waals surface area (Å²) in [6, 6.07) is 20.3. The van der Waals surface area contributed by atoms with Gasteiger partial charge in [-0.2, -0.15) is 5.10 Å². The van der Waals surface area contributed by atoms with E-state index in [0.29, 0.717) is 5.92 Å². The summed E-state index contributed by atoms with van der Waals surface area (Å²) in [5, 5.41) is 4.15. The number of rotatable bonds is 6. The monoisotopic (exact) mass is 330 g/mol. The highest BCUT2D eigenvalue weighted by Gasteiger charge is 2.43. The zero-order valence-electron chi connectivity index (χ0n) is 14.3.